The highest BCUT2D eigenvalue weighted by Crippen LogP contribution is 2.28. The molecule has 6 nitrogen and oxygen atoms in total. The number of benzene rings is 3. The molecule has 0 atom stereocenters. The molecule has 4 rings (SSSR count). The Labute approximate surface area is 184 Å². The second-order valence-corrected chi connectivity index (χ2v) is 6.90. The van der Waals surface area contributed by atoms with Crippen molar-refractivity contribution >= 4 is 17.6 Å². The fourth-order valence-electron chi connectivity index (χ4n) is 3.25. The smallest absolute Gasteiger partial charge is 0.358 e. The Kier molecular flexibility index (Phi) is 6.07. The first-order valence-electron chi connectivity index (χ1n) is 10.1. The van der Waals surface area contributed by atoms with E-state index >= 15 is 0 Å². The number of rotatable bonds is 6. The zero-order valence-corrected chi connectivity index (χ0v) is 17.3. The van der Waals surface area contributed by atoms with Crippen LogP contribution in [0, 0.1) is 5.82 Å². The van der Waals surface area contributed by atoms with Crippen LogP contribution in [0.5, 0.6) is 0 Å². The molecule has 0 aliphatic rings. The van der Waals surface area contributed by atoms with Crippen LogP contribution in [-0.2, 0) is 4.74 Å². The van der Waals surface area contributed by atoms with Crippen LogP contribution < -0.4 is 5.32 Å². The Balaban J connectivity index is 1.74. The van der Waals surface area contributed by atoms with Gasteiger partial charge in [-0.1, -0.05) is 42.5 Å². The topological polar surface area (TPSA) is 73.2 Å². The van der Waals surface area contributed by atoms with Gasteiger partial charge in [0.25, 0.3) is 5.91 Å². The molecule has 0 saturated heterocycles. The van der Waals surface area contributed by atoms with Crippen LogP contribution in [0.3, 0.4) is 0 Å². The molecule has 32 heavy (non-hydrogen) atoms. The quantitative estimate of drug-likeness (QED) is 0.433. The van der Waals surface area contributed by atoms with Crippen molar-refractivity contribution in [3.05, 3.63) is 102 Å². The third-order valence-electron chi connectivity index (χ3n) is 4.73. The Hall–Kier alpha value is -4.26. The summed E-state index contributed by atoms with van der Waals surface area (Å²) in [5, 5.41) is 7.14. The third-order valence-corrected chi connectivity index (χ3v) is 4.73. The fraction of sp³-hybridized carbons (Fsp3) is 0.0800. The van der Waals surface area contributed by atoms with Crippen molar-refractivity contribution in [2.45, 2.75) is 6.92 Å². The number of hydrogen-bond donors (Lipinski definition) is 1. The van der Waals surface area contributed by atoms with Crippen LogP contribution in [0.15, 0.2) is 84.9 Å². The Morgan fingerprint density at radius 1 is 0.969 bits per heavy atom. The number of halogens is 1. The summed E-state index contributed by atoms with van der Waals surface area (Å²) in [5.41, 5.74) is 2.45. The van der Waals surface area contributed by atoms with Gasteiger partial charge in [0.05, 0.1) is 12.3 Å². The highest BCUT2D eigenvalue weighted by molar-refractivity contribution is 6.04. The van der Waals surface area contributed by atoms with Gasteiger partial charge in [0.1, 0.15) is 11.5 Å². The molecule has 0 fully saturated rings. The van der Waals surface area contributed by atoms with Crippen molar-refractivity contribution in [3.8, 4) is 16.9 Å². The number of carbonyl (C=O) groups is 2. The number of aromatic nitrogens is 2. The normalized spacial score (nSPS) is 10.6. The summed E-state index contributed by atoms with van der Waals surface area (Å²) >= 11 is 0. The average Bonchev–Trinajstić information content (AvgIpc) is 3.26. The molecule has 1 heterocycles. The predicted octanol–water partition coefficient (Wildman–Crippen LogP) is 5.11. The summed E-state index contributed by atoms with van der Waals surface area (Å²) in [6.07, 6.45) is 0. The molecule has 0 saturated carbocycles. The monoisotopic (exact) mass is 429 g/mol. The van der Waals surface area contributed by atoms with Crippen LogP contribution in [0.1, 0.15) is 27.8 Å². The molecule has 0 aliphatic heterocycles. The van der Waals surface area contributed by atoms with E-state index in [1.165, 1.54) is 10.7 Å². The van der Waals surface area contributed by atoms with Crippen LogP contribution in [0.4, 0.5) is 10.1 Å². The summed E-state index contributed by atoms with van der Waals surface area (Å²) in [5.74, 6) is -1.34. The van der Waals surface area contributed by atoms with E-state index in [9.17, 15) is 14.0 Å². The summed E-state index contributed by atoms with van der Waals surface area (Å²) in [6, 6.07) is 23.6. The van der Waals surface area contributed by atoms with Crippen LogP contribution in [0.25, 0.3) is 16.9 Å². The number of para-hydroxylation sites is 1. The fourth-order valence-corrected chi connectivity index (χ4v) is 3.25. The zero-order valence-electron chi connectivity index (χ0n) is 17.3. The second kappa shape index (κ2) is 9.26. The van der Waals surface area contributed by atoms with E-state index < -0.39 is 11.8 Å². The van der Waals surface area contributed by atoms with Crippen molar-refractivity contribution < 1.29 is 18.7 Å². The van der Waals surface area contributed by atoms with Gasteiger partial charge in [-0.3, -0.25) is 4.79 Å². The van der Waals surface area contributed by atoms with Crippen molar-refractivity contribution in [3.63, 3.8) is 0 Å². The van der Waals surface area contributed by atoms with Gasteiger partial charge >= 0.3 is 5.97 Å². The van der Waals surface area contributed by atoms with E-state index in [1.807, 2.05) is 6.07 Å². The van der Waals surface area contributed by atoms with Crippen molar-refractivity contribution in [1.29, 1.82) is 0 Å². The molecule has 4 aromatic rings. The maximum Gasteiger partial charge on any atom is 0.358 e. The van der Waals surface area contributed by atoms with Gasteiger partial charge in [0.2, 0.25) is 0 Å². The van der Waals surface area contributed by atoms with Gasteiger partial charge in [-0.25, -0.2) is 13.9 Å². The summed E-state index contributed by atoms with van der Waals surface area (Å²) in [4.78, 5) is 24.8. The molecular weight excluding hydrogens is 409 g/mol. The van der Waals surface area contributed by atoms with Crippen LogP contribution in [-0.4, -0.2) is 28.3 Å². The van der Waals surface area contributed by atoms with Gasteiger partial charge in [0, 0.05) is 16.8 Å². The Morgan fingerprint density at radius 3 is 2.47 bits per heavy atom. The predicted molar refractivity (Wildman–Crippen MR) is 119 cm³/mol. The zero-order chi connectivity index (χ0) is 22.5. The van der Waals surface area contributed by atoms with Crippen LogP contribution >= 0.6 is 0 Å². The number of carbonyl (C=O) groups excluding carboxylic acids is 2. The molecule has 0 bridgehead atoms. The van der Waals surface area contributed by atoms with Crippen molar-refractivity contribution in [2.24, 2.45) is 0 Å². The SMILES string of the molecule is CCOC(=O)c1cc(-c2cccc(NC(=O)c3ccccc3)c2)n(-c2ccccc2F)n1. The highest BCUT2D eigenvalue weighted by Gasteiger charge is 2.19. The summed E-state index contributed by atoms with van der Waals surface area (Å²) in [6.45, 7) is 1.90. The standard InChI is InChI=1S/C25H20FN3O3/c1-2-32-25(31)21-16-23(29(28-21)22-14-7-6-13-20(22)26)18-11-8-12-19(15-18)27-24(30)17-9-4-3-5-10-17/h3-16H,2H2,1H3,(H,27,30). The maximum atomic E-state index is 14.5. The number of esters is 1. The molecule has 1 amide bonds. The summed E-state index contributed by atoms with van der Waals surface area (Å²) < 4.78 is 21.0. The highest BCUT2D eigenvalue weighted by atomic mass is 19.1. The number of hydrogen-bond acceptors (Lipinski definition) is 4. The van der Waals surface area contributed by atoms with E-state index in [-0.39, 0.29) is 23.9 Å². The van der Waals surface area contributed by atoms with Gasteiger partial charge in [-0.05, 0) is 49.4 Å². The van der Waals surface area contributed by atoms with E-state index in [0.717, 1.165) is 0 Å². The third kappa shape index (κ3) is 4.41. The number of ether oxygens (including phenoxy) is 1. The summed E-state index contributed by atoms with van der Waals surface area (Å²) in [7, 11) is 0. The van der Waals surface area contributed by atoms with Crippen molar-refractivity contribution in [1.82, 2.24) is 9.78 Å². The van der Waals surface area contributed by atoms with Gasteiger partial charge in [-0.2, -0.15) is 5.10 Å². The van der Waals surface area contributed by atoms with Gasteiger partial charge < -0.3 is 10.1 Å². The molecule has 0 aliphatic carbocycles. The maximum absolute atomic E-state index is 14.5. The molecule has 0 spiro atoms. The molecule has 0 unspecified atom stereocenters. The number of nitrogens with one attached hydrogen (secondary N) is 1. The van der Waals surface area contributed by atoms with Crippen LogP contribution in [0.2, 0.25) is 0 Å². The Bertz CT molecular complexity index is 1270. The van der Waals surface area contributed by atoms with E-state index in [2.05, 4.69) is 10.4 Å². The first kappa shape index (κ1) is 21.0. The molecular formula is C25H20FN3O3. The number of anilines is 1. The lowest BCUT2D eigenvalue weighted by molar-refractivity contribution is 0.0518. The molecule has 0 radical (unpaired) electrons. The molecule has 1 aromatic heterocycles. The molecule has 1 N–H and O–H groups in total. The minimum Gasteiger partial charge on any atom is -0.461 e. The largest absolute Gasteiger partial charge is 0.461 e. The minimum absolute atomic E-state index is 0.0591. The van der Waals surface area contributed by atoms with Gasteiger partial charge in [-0.15, -0.1) is 0 Å². The van der Waals surface area contributed by atoms with E-state index in [0.29, 0.717) is 22.5 Å². The number of amides is 1. The Morgan fingerprint density at radius 2 is 1.72 bits per heavy atom. The lowest BCUT2D eigenvalue weighted by Gasteiger charge is -2.10. The molecule has 3 aromatic carbocycles. The molecule has 7 heteroatoms. The minimum atomic E-state index is -0.600. The second-order valence-electron chi connectivity index (χ2n) is 6.90. The van der Waals surface area contributed by atoms with E-state index in [4.69, 9.17) is 4.74 Å². The van der Waals surface area contributed by atoms with Gasteiger partial charge in [0.15, 0.2) is 5.69 Å². The first-order valence-corrected chi connectivity index (χ1v) is 10.1. The lowest BCUT2D eigenvalue weighted by atomic mass is 10.1. The number of nitrogens with zero attached hydrogens (tertiary/aromatic N) is 2. The first-order chi connectivity index (χ1) is 15.6. The van der Waals surface area contributed by atoms with Crippen molar-refractivity contribution in [2.75, 3.05) is 11.9 Å². The average molecular weight is 429 g/mol. The lowest BCUT2D eigenvalue weighted by Crippen LogP contribution is -2.11. The molecule has 160 valence electrons. The van der Waals surface area contributed by atoms with E-state index in [1.54, 1.807) is 79.7 Å².